The van der Waals surface area contributed by atoms with Crippen molar-refractivity contribution in [1.82, 2.24) is 15.1 Å². The Labute approximate surface area is 158 Å². The lowest BCUT2D eigenvalue weighted by atomic mass is 9.88. The predicted octanol–water partition coefficient (Wildman–Crippen LogP) is 2.83. The molecule has 0 amide bonds. The van der Waals surface area contributed by atoms with Crippen molar-refractivity contribution in [3.8, 4) is 5.75 Å². The van der Waals surface area contributed by atoms with Crippen LogP contribution in [-0.4, -0.2) is 52.2 Å². The third-order valence-electron chi connectivity index (χ3n) is 5.15. The highest BCUT2D eigenvalue weighted by atomic mass is 16.5. The number of carbonyl (C=O) groups is 2. The molecule has 1 unspecified atom stereocenters. The Morgan fingerprint density at radius 3 is 2.67 bits per heavy atom. The van der Waals surface area contributed by atoms with Gasteiger partial charge in [0.25, 0.3) is 0 Å². The lowest BCUT2D eigenvalue weighted by molar-refractivity contribution is 0.0683. The van der Waals surface area contributed by atoms with Crippen LogP contribution in [0.1, 0.15) is 50.4 Å². The highest BCUT2D eigenvalue weighted by Crippen LogP contribution is 2.28. The van der Waals surface area contributed by atoms with E-state index in [4.69, 9.17) is 4.74 Å². The van der Waals surface area contributed by atoms with Gasteiger partial charge in [-0.15, -0.1) is 0 Å². The molecule has 1 aliphatic rings. The molecule has 3 rings (SSSR count). The van der Waals surface area contributed by atoms with Crippen LogP contribution in [0, 0.1) is 19.8 Å². The first kappa shape index (κ1) is 19.1. The number of Topliss-reactive ketones (excluding diaryl/α,β-unsaturated/α-hetero) is 1. The van der Waals surface area contributed by atoms with E-state index in [1.165, 1.54) is 0 Å². The second-order valence-corrected chi connectivity index (χ2v) is 7.16. The fourth-order valence-corrected chi connectivity index (χ4v) is 3.92. The number of aryl methyl sites for hydroxylation is 2. The van der Waals surface area contributed by atoms with Crippen molar-refractivity contribution in [2.45, 2.75) is 33.2 Å². The number of aromatic amines is 1. The van der Waals surface area contributed by atoms with Crippen LogP contribution in [0.25, 0.3) is 0 Å². The lowest BCUT2D eigenvalue weighted by Crippen LogP contribution is -2.38. The molecule has 1 aliphatic heterocycles. The Hall–Kier alpha value is -2.67. The molecular formula is C20H25N3O4. The maximum atomic E-state index is 13.0. The summed E-state index contributed by atoms with van der Waals surface area (Å²) in [5.41, 5.74) is 3.39. The number of carbonyl (C=O) groups excluding carboxylic acids is 1. The molecule has 2 N–H and O–H groups in total. The molecule has 1 fully saturated rings. The summed E-state index contributed by atoms with van der Waals surface area (Å²) in [6.07, 6.45) is 3.30. The van der Waals surface area contributed by atoms with E-state index in [-0.39, 0.29) is 17.4 Å². The van der Waals surface area contributed by atoms with Gasteiger partial charge in [-0.25, -0.2) is 4.79 Å². The van der Waals surface area contributed by atoms with Crippen molar-refractivity contribution < 1.29 is 19.4 Å². The Bertz CT molecular complexity index is 836. The molecule has 144 valence electrons. The second kappa shape index (κ2) is 7.92. The number of hydrogen-bond acceptors (Lipinski definition) is 5. The summed E-state index contributed by atoms with van der Waals surface area (Å²) in [7, 11) is 1.64. The molecule has 27 heavy (non-hydrogen) atoms. The maximum absolute atomic E-state index is 13.0. The van der Waals surface area contributed by atoms with E-state index in [1.807, 2.05) is 26.0 Å². The van der Waals surface area contributed by atoms with Gasteiger partial charge in [0.15, 0.2) is 5.78 Å². The van der Waals surface area contributed by atoms with E-state index in [0.29, 0.717) is 24.2 Å². The quantitative estimate of drug-likeness (QED) is 0.758. The molecule has 1 saturated heterocycles. The third kappa shape index (κ3) is 4.03. The summed E-state index contributed by atoms with van der Waals surface area (Å²) in [5.74, 6) is -0.153. The Balaban J connectivity index is 1.73. The van der Waals surface area contributed by atoms with E-state index in [0.717, 1.165) is 36.3 Å². The van der Waals surface area contributed by atoms with E-state index in [2.05, 4.69) is 15.1 Å². The zero-order valence-corrected chi connectivity index (χ0v) is 15.9. The minimum absolute atomic E-state index is 0.0916. The number of rotatable bonds is 6. The molecular weight excluding hydrogens is 346 g/mol. The molecule has 0 saturated carbocycles. The van der Waals surface area contributed by atoms with Gasteiger partial charge in [-0.3, -0.25) is 14.8 Å². The molecule has 1 aromatic heterocycles. The van der Waals surface area contributed by atoms with Gasteiger partial charge < -0.3 is 9.84 Å². The summed E-state index contributed by atoms with van der Waals surface area (Å²) >= 11 is 0. The standard InChI is InChI=1S/C20H25N3O4/c1-12-7-15(8-13(2)19(12)27-3)18(24)14-5-4-6-23(10-14)11-16-9-21-22-17(16)20(25)26/h7-9,14H,4-6,10-11H2,1-3H3,(H,21,22)(H,25,26). The summed E-state index contributed by atoms with van der Waals surface area (Å²) in [4.78, 5) is 26.4. The first-order valence-corrected chi connectivity index (χ1v) is 9.08. The number of ether oxygens (including phenoxy) is 1. The number of aromatic carboxylic acids is 1. The van der Waals surface area contributed by atoms with Crippen LogP contribution in [-0.2, 0) is 6.54 Å². The zero-order valence-electron chi connectivity index (χ0n) is 15.9. The van der Waals surface area contributed by atoms with Gasteiger partial charge in [-0.1, -0.05) is 0 Å². The molecule has 0 aliphatic carbocycles. The normalized spacial score (nSPS) is 17.7. The predicted molar refractivity (Wildman–Crippen MR) is 100 cm³/mol. The topological polar surface area (TPSA) is 95.5 Å². The van der Waals surface area contributed by atoms with Crippen molar-refractivity contribution in [3.63, 3.8) is 0 Å². The van der Waals surface area contributed by atoms with Crippen LogP contribution in [0.2, 0.25) is 0 Å². The monoisotopic (exact) mass is 371 g/mol. The fraction of sp³-hybridized carbons (Fsp3) is 0.450. The number of likely N-dealkylation sites (tertiary alicyclic amines) is 1. The molecule has 2 aromatic rings. The Morgan fingerprint density at radius 2 is 2.04 bits per heavy atom. The number of ketones is 1. The summed E-state index contributed by atoms with van der Waals surface area (Å²) in [5, 5.41) is 15.6. The van der Waals surface area contributed by atoms with Gasteiger partial charge in [-0.05, 0) is 56.5 Å². The zero-order chi connectivity index (χ0) is 19.6. The number of carboxylic acid groups (broad SMARTS) is 1. The number of methoxy groups -OCH3 is 1. The third-order valence-corrected chi connectivity index (χ3v) is 5.15. The molecule has 2 heterocycles. The highest BCUT2D eigenvalue weighted by Gasteiger charge is 2.28. The van der Waals surface area contributed by atoms with Crippen molar-refractivity contribution >= 4 is 11.8 Å². The number of benzene rings is 1. The van der Waals surface area contributed by atoms with Crippen LogP contribution >= 0.6 is 0 Å². The Morgan fingerprint density at radius 1 is 1.33 bits per heavy atom. The van der Waals surface area contributed by atoms with Gasteiger partial charge >= 0.3 is 5.97 Å². The molecule has 0 bridgehead atoms. The maximum Gasteiger partial charge on any atom is 0.354 e. The van der Waals surface area contributed by atoms with E-state index < -0.39 is 5.97 Å². The second-order valence-electron chi connectivity index (χ2n) is 7.16. The molecule has 1 aromatic carbocycles. The number of piperidine rings is 1. The first-order chi connectivity index (χ1) is 12.9. The number of carboxylic acids is 1. The summed E-state index contributed by atoms with van der Waals surface area (Å²) in [6, 6.07) is 3.79. The minimum atomic E-state index is -1.02. The number of nitrogens with one attached hydrogen (secondary N) is 1. The van der Waals surface area contributed by atoms with Crippen molar-refractivity contribution in [1.29, 1.82) is 0 Å². The summed E-state index contributed by atoms with van der Waals surface area (Å²) in [6.45, 7) is 5.83. The van der Waals surface area contributed by atoms with Crippen LogP contribution in [0.3, 0.4) is 0 Å². The van der Waals surface area contributed by atoms with Crippen LogP contribution in [0.15, 0.2) is 18.3 Å². The summed E-state index contributed by atoms with van der Waals surface area (Å²) < 4.78 is 5.39. The molecule has 0 spiro atoms. The SMILES string of the molecule is COc1c(C)cc(C(=O)C2CCCN(Cc3cn[nH]c3C(=O)O)C2)cc1C. The minimum Gasteiger partial charge on any atom is -0.496 e. The molecule has 1 atom stereocenters. The highest BCUT2D eigenvalue weighted by molar-refractivity contribution is 5.98. The van der Waals surface area contributed by atoms with Gasteiger partial charge in [0, 0.05) is 30.1 Å². The van der Waals surface area contributed by atoms with Crippen LogP contribution < -0.4 is 4.74 Å². The largest absolute Gasteiger partial charge is 0.496 e. The number of hydrogen-bond donors (Lipinski definition) is 2. The lowest BCUT2D eigenvalue weighted by Gasteiger charge is -2.32. The van der Waals surface area contributed by atoms with E-state index >= 15 is 0 Å². The van der Waals surface area contributed by atoms with Gasteiger partial charge in [0.05, 0.1) is 13.3 Å². The molecule has 7 nitrogen and oxygen atoms in total. The van der Waals surface area contributed by atoms with Crippen molar-refractivity contribution in [2.75, 3.05) is 20.2 Å². The fourth-order valence-electron chi connectivity index (χ4n) is 3.92. The number of H-pyrrole nitrogens is 1. The van der Waals surface area contributed by atoms with Crippen molar-refractivity contribution in [3.05, 3.63) is 46.3 Å². The van der Waals surface area contributed by atoms with E-state index in [1.54, 1.807) is 13.3 Å². The number of nitrogens with zero attached hydrogens (tertiary/aromatic N) is 2. The van der Waals surface area contributed by atoms with Crippen LogP contribution in [0.4, 0.5) is 0 Å². The van der Waals surface area contributed by atoms with Crippen molar-refractivity contribution in [2.24, 2.45) is 5.92 Å². The smallest absolute Gasteiger partial charge is 0.354 e. The molecule has 0 radical (unpaired) electrons. The number of aromatic nitrogens is 2. The van der Waals surface area contributed by atoms with Gasteiger partial charge in [0.1, 0.15) is 11.4 Å². The molecule has 7 heteroatoms. The van der Waals surface area contributed by atoms with E-state index in [9.17, 15) is 14.7 Å². The average molecular weight is 371 g/mol. The first-order valence-electron chi connectivity index (χ1n) is 9.08. The van der Waals surface area contributed by atoms with Crippen LogP contribution in [0.5, 0.6) is 5.75 Å². The average Bonchev–Trinajstić information content (AvgIpc) is 3.09. The van der Waals surface area contributed by atoms with Gasteiger partial charge in [-0.2, -0.15) is 5.10 Å². The Kier molecular flexibility index (Phi) is 5.60. The van der Waals surface area contributed by atoms with Gasteiger partial charge in [0.2, 0.25) is 0 Å².